The molecule has 140 valence electrons. The molecule has 1 aromatic heterocycles. The van der Waals surface area contributed by atoms with E-state index in [0.29, 0.717) is 27.9 Å². The Kier molecular flexibility index (Phi) is 5.33. The third-order valence-electron chi connectivity index (χ3n) is 4.51. The van der Waals surface area contributed by atoms with Crippen LogP contribution in [0, 0.1) is 0 Å². The van der Waals surface area contributed by atoms with Crippen LogP contribution in [0.25, 0.3) is 11.0 Å². The Morgan fingerprint density at radius 2 is 1.71 bits per heavy atom. The summed E-state index contributed by atoms with van der Waals surface area (Å²) < 4.78 is 0. The number of carbonyl (C=O) groups is 1. The van der Waals surface area contributed by atoms with Gasteiger partial charge in [-0.25, -0.2) is 4.98 Å². The van der Waals surface area contributed by atoms with Gasteiger partial charge in [0.05, 0.1) is 27.1 Å². The standard InChI is InChI=1S/C22H17Cl2N3O/c23-16-11-10-15(13-17(16)24)22(28)27-20(12-14-6-2-1-3-7-14)21-25-18-8-4-5-9-19(18)26-21/h1-11,13,20H,12H2,(H,25,26)(H,27,28)/t20-/m1/s1. The number of halogens is 2. The Balaban J connectivity index is 1.65. The van der Waals surface area contributed by atoms with E-state index in [1.54, 1.807) is 18.2 Å². The highest BCUT2D eigenvalue weighted by atomic mass is 35.5. The van der Waals surface area contributed by atoms with Gasteiger partial charge in [-0.15, -0.1) is 0 Å². The SMILES string of the molecule is O=C(N[C@H](Cc1ccccc1)c1nc2ccccc2[nH]1)c1ccc(Cl)c(Cl)c1. The van der Waals surface area contributed by atoms with Crippen molar-refractivity contribution in [3.05, 3.63) is 99.8 Å². The van der Waals surface area contributed by atoms with E-state index in [2.05, 4.69) is 15.3 Å². The molecule has 0 aliphatic carbocycles. The zero-order valence-corrected chi connectivity index (χ0v) is 16.3. The van der Waals surface area contributed by atoms with Crippen LogP contribution in [0.3, 0.4) is 0 Å². The van der Waals surface area contributed by atoms with Crippen molar-refractivity contribution in [3.8, 4) is 0 Å². The number of carbonyl (C=O) groups excluding carboxylic acids is 1. The zero-order valence-electron chi connectivity index (χ0n) is 14.8. The third kappa shape index (κ3) is 4.03. The van der Waals surface area contributed by atoms with Gasteiger partial charge in [-0.2, -0.15) is 0 Å². The number of aromatic nitrogens is 2. The second-order valence-corrected chi connectivity index (χ2v) is 7.30. The topological polar surface area (TPSA) is 57.8 Å². The number of H-pyrrole nitrogens is 1. The molecule has 0 aliphatic rings. The molecule has 0 bridgehead atoms. The maximum atomic E-state index is 12.8. The molecule has 1 heterocycles. The molecule has 1 atom stereocenters. The first-order chi connectivity index (χ1) is 13.6. The van der Waals surface area contributed by atoms with Crippen molar-refractivity contribution in [2.75, 3.05) is 0 Å². The molecule has 3 aromatic carbocycles. The van der Waals surface area contributed by atoms with E-state index in [4.69, 9.17) is 23.2 Å². The van der Waals surface area contributed by atoms with Crippen LogP contribution < -0.4 is 5.32 Å². The summed E-state index contributed by atoms with van der Waals surface area (Å²) in [5.41, 5.74) is 3.34. The summed E-state index contributed by atoms with van der Waals surface area (Å²) >= 11 is 12.0. The van der Waals surface area contributed by atoms with Crippen LogP contribution in [0.15, 0.2) is 72.8 Å². The molecule has 0 aliphatic heterocycles. The van der Waals surface area contributed by atoms with Crippen LogP contribution in [-0.4, -0.2) is 15.9 Å². The zero-order chi connectivity index (χ0) is 19.5. The van der Waals surface area contributed by atoms with Crippen LogP contribution >= 0.6 is 23.2 Å². The van der Waals surface area contributed by atoms with Crippen LogP contribution in [0.4, 0.5) is 0 Å². The van der Waals surface area contributed by atoms with Crippen molar-refractivity contribution >= 4 is 40.1 Å². The summed E-state index contributed by atoms with van der Waals surface area (Å²) in [6.45, 7) is 0. The first kappa shape index (κ1) is 18.5. The number of benzene rings is 3. The van der Waals surface area contributed by atoms with Gasteiger partial charge in [0.1, 0.15) is 5.82 Å². The van der Waals surface area contributed by atoms with Gasteiger partial charge >= 0.3 is 0 Å². The number of amides is 1. The molecule has 1 amide bonds. The summed E-state index contributed by atoms with van der Waals surface area (Å²) in [7, 11) is 0. The first-order valence-corrected chi connectivity index (χ1v) is 9.60. The molecular formula is C22H17Cl2N3O. The largest absolute Gasteiger partial charge is 0.342 e. The first-order valence-electron chi connectivity index (χ1n) is 8.84. The average molecular weight is 410 g/mol. The quantitative estimate of drug-likeness (QED) is 0.451. The molecule has 2 N–H and O–H groups in total. The van der Waals surface area contributed by atoms with Crippen molar-refractivity contribution in [2.24, 2.45) is 0 Å². The summed E-state index contributed by atoms with van der Waals surface area (Å²) in [4.78, 5) is 20.8. The summed E-state index contributed by atoms with van der Waals surface area (Å²) in [5, 5.41) is 3.83. The molecule has 4 nitrogen and oxygen atoms in total. The normalized spacial score (nSPS) is 12.1. The van der Waals surface area contributed by atoms with Gasteiger partial charge in [-0.05, 0) is 42.3 Å². The van der Waals surface area contributed by atoms with Crippen molar-refractivity contribution in [1.29, 1.82) is 0 Å². The fourth-order valence-electron chi connectivity index (χ4n) is 3.08. The fraction of sp³-hybridized carbons (Fsp3) is 0.0909. The lowest BCUT2D eigenvalue weighted by molar-refractivity contribution is 0.0935. The Labute approximate surface area is 172 Å². The van der Waals surface area contributed by atoms with E-state index in [1.807, 2.05) is 54.6 Å². The van der Waals surface area contributed by atoms with Gasteiger partial charge in [0, 0.05) is 5.56 Å². The molecule has 0 saturated carbocycles. The highest BCUT2D eigenvalue weighted by Gasteiger charge is 2.20. The Morgan fingerprint density at radius 1 is 0.964 bits per heavy atom. The molecule has 4 aromatic rings. The van der Waals surface area contributed by atoms with E-state index in [0.717, 1.165) is 16.6 Å². The Bertz CT molecular complexity index is 1090. The fourth-order valence-corrected chi connectivity index (χ4v) is 3.38. The van der Waals surface area contributed by atoms with E-state index >= 15 is 0 Å². The number of rotatable bonds is 5. The van der Waals surface area contributed by atoms with Crippen molar-refractivity contribution in [2.45, 2.75) is 12.5 Å². The molecule has 4 rings (SSSR count). The number of nitrogens with zero attached hydrogens (tertiary/aromatic N) is 1. The summed E-state index contributed by atoms with van der Waals surface area (Å²) in [6.07, 6.45) is 0.605. The average Bonchev–Trinajstić information content (AvgIpc) is 3.14. The number of hydrogen-bond acceptors (Lipinski definition) is 2. The minimum atomic E-state index is -0.322. The smallest absolute Gasteiger partial charge is 0.251 e. The van der Waals surface area contributed by atoms with Crippen molar-refractivity contribution in [1.82, 2.24) is 15.3 Å². The van der Waals surface area contributed by atoms with Crippen molar-refractivity contribution < 1.29 is 4.79 Å². The molecule has 0 radical (unpaired) electrons. The lowest BCUT2D eigenvalue weighted by Crippen LogP contribution is -2.30. The minimum absolute atomic E-state index is 0.236. The lowest BCUT2D eigenvalue weighted by atomic mass is 10.0. The second-order valence-electron chi connectivity index (χ2n) is 6.48. The number of imidazole rings is 1. The second kappa shape index (κ2) is 8.05. The van der Waals surface area contributed by atoms with Gasteiger partial charge in [0.2, 0.25) is 0 Å². The van der Waals surface area contributed by atoms with Gasteiger partial charge in [-0.1, -0.05) is 65.7 Å². The number of fused-ring (bicyclic) bond motifs is 1. The highest BCUT2D eigenvalue weighted by molar-refractivity contribution is 6.42. The maximum Gasteiger partial charge on any atom is 0.251 e. The van der Waals surface area contributed by atoms with Crippen LogP contribution in [0.5, 0.6) is 0 Å². The molecular weight excluding hydrogens is 393 g/mol. The van der Waals surface area contributed by atoms with Gasteiger partial charge in [0.25, 0.3) is 5.91 Å². The van der Waals surface area contributed by atoms with Crippen molar-refractivity contribution in [3.63, 3.8) is 0 Å². The predicted molar refractivity (Wildman–Crippen MR) is 113 cm³/mol. The van der Waals surface area contributed by atoms with Gasteiger partial charge < -0.3 is 10.3 Å². The van der Waals surface area contributed by atoms with Crippen LogP contribution in [-0.2, 0) is 6.42 Å². The maximum absolute atomic E-state index is 12.8. The van der Waals surface area contributed by atoms with E-state index < -0.39 is 0 Å². The molecule has 0 spiro atoms. The highest BCUT2D eigenvalue weighted by Crippen LogP contribution is 2.24. The number of para-hydroxylation sites is 2. The van der Waals surface area contributed by atoms with E-state index in [-0.39, 0.29) is 11.9 Å². The monoisotopic (exact) mass is 409 g/mol. The predicted octanol–water partition coefficient (Wildman–Crippen LogP) is 5.58. The molecule has 0 fully saturated rings. The summed E-state index contributed by atoms with van der Waals surface area (Å²) in [6, 6.07) is 22.3. The molecule has 0 saturated heterocycles. The lowest BCUT2D eigenvalue weighted by Gasteiger charge is -2.17. The van der Waals surface area contributed by atoms with Gasteiger partial charge in [0.15, 0.2) is 0 Å². The van der Waals surface area contributed by atoms with E-state index in [9.17, 15) is 4.79 Å². The molecule has 6 heteroatoms. The summed E-state index contributed by atoms with van der Waals surface area (Å²) in [5.74, 6) is 0.471. The van der Waals surface area contributed by atoms with E-state index in [1.165, 1.54) is 0 Å². The molecule has 0 unspecified atom stereocenters. The number of nitrogens with one attached hydrogen (secondary N) is 2. The van der Waals surface area contributed by atoms with Crippen LogP contribution in [0.2, 0.25) is 10.0 Å². The molecule has 28 heavy (non-hydrogen) atoms. The Morgan fingerprint density at radius 3 is 2.46 bits per heavy atom. The van der Waals surface area contributed by atoms with Crippen LogP contribution in [0.1, 0.15) is 27.8 Å². The minimum Gasteiger partial charge on any atom is -0.342 e. The number of hydrogen-bond donors (Lipinski definition) is 2. The number of aromatic amines is 1. The Hall–Kier alpha value is -2.82. The van der Waals surface area contributed by atoms with Gasteiger partial charge in [-0.3, -0.25) is 4.79 Å². The third-order valence-corrected chi connectivity index (χ3v) is 5.25.